The van der Waals surface area contributed by atoms with E-state index in [2.05, 4.69) is 34.9 Å². The lowest BCUT2D eigenvalue weighted by Gasteiger charge is -2.16. The fourth-order valence-electron chi connectivity index (χ4n) is 4.66. The van der Waals surface area contributed by atoms with Crippen molar-refractivity contribution in [1.82, 2.24) is 4.57 Å². The van der Waals surface area contributed by atoms with E-state index in [9.17, 15) is 18.4 Å². The quantitative estimate of drug-likeness (QED) is 0.206. The molecule has 0 aliphatic carbocycles. The number of aliphatic imine (C=N–C) groups is 1. The molecule has 0 aliphatic heterocycles. The molecule has 0 fully saturated rings. The molecule has 3 nitrogen and oxygen atoms in total. The summed E-state index contributed by atoms with van der Waals surface area (Å²) in [4.78, 5) is 4.83. The maximum atomic E-state index is 13.1. The Kier molecular flexibility index (Phi) is 7.10. The van der Waals surface area contributed by atoms with E-state index in [1.165, 1.54) is 17.7 Å². The van der Waals surface area contributed by atoms with Crippen molar-refractivity contribution in [1.29, 1.82) is 5.26 Å². The van der Waals surface area contributed by atoms with Crippen LogP contribution in [0.3, 0.4) is 0 Å². The standard InChI is InChI=1S/C32H24F3N3/c33-32(34,35)26-16-14-25(15-17-26)30(21-36)37-29(20-23-8-3-1-4-9-23)27-12-7-13-31-28(27)18-19-38(31)22-24-10-5-2-6-11-24/h1-19,29H,20,22H2/t29-/m1/s1. The number of hydrogen-bond donors (Lipinski definition) is 0. The lowest BCUT2D eigenvalue weighted by Crippen LogP contribution is -2.08. The first kappa shape index (κ1) is 25.0. The minimum atomic E-state index is -4.44. The summed E-state index contributed by atoms with van der Waals surface area (Å²) in [6.07, 6.45) is -1.86. The Morgan fingerprint density at radius 2 is 1.45 bits per heavy atom. The maximum absolute atomic E-state index is 13.1. The lowest BCUT2D eigenvalue weighted by molar-refractivity contribution is -0.137. The molecular formula is C32H24F3N3. The van der Waals surface area contributed by atoms with Crippen LogP contribution in [0.25, 0.3) is 10.9 Å². The summed E-state index contributed by atoms with van der Waals surface area (Å²) in [6, 6.07) is 34.4. The molecule has 38 heavy (non-hydrogen) atoms. The molecule has 5 rings (SSSR count). The van der Waals surface area contributed by atoms with Crippen molar-refractivity contribution < 1.29 is 13.2 Å². The number of nitriles is 1. The Balaban J connectivity index is 1.57. The summed E-state index contributed by atoms with van der Waals surface area (Å²) < 4.78 is 41.4. The van der Waals surface area contributed by atoms with Crippen LogP contribution in [0.15, 0.2) is 120 Å². The Bertz CT molecular complexity index is 1590. The summed E-state index contributed by atoms with van der Waals surface area (Å²) >= 11 is 0. The molecule has 1 aromatic heterocycles. The highest BCUT2D eigenvalue weighted by atomic mass is 19.4. The van der Waals surface area contributed by atoms with Gasteiger partial charge in [-0.1, -0.05) is 84.9 Å². The van der Waals surface area contributed by atoms with Gasteiger partial charge >= 0.3 is 6.18 Å². The van der Waals surface area contributed by atoms with Gasteiger partial charge < -0.3 is 4.57 Å². The van der Waals surface area contributed by atoms with Crippen LogP contribution >= 0.6 is 0 Å². The van der Waals surface area contributed by atoms with Crippen LogP contribution in [0, 0.1) is 11.3 Å². The zero-order valence-corrected chi connectivity index (χ0v) is 20.4. The second kappa shape index (κ2) is 10.8. The first-order valence-electron chi connectivity index (χ1n) is 12.2. The molecule has 0 bridgehead atoms. The maximum Gasteiger partial charge on any atom is 0.416 e. The number of rotatable bonds is 7. The number of nitrogens with zero attached hydrogens (tertiary/aromatic N) is 3. The molecule has 0 N–H and O–H groups in total. The van der Waals surface area contributed by atoms with E-state index >= 15 is 0 Å². The fraction of sp³-hybridized carbons (Fsp3) is 0.125. The van der Waals surface area contributed by atoms with Gasteiger partial charge in [0, 0.05) is 29.2 Å². The number of benzene rings is 4. The Hall–Kier alpha value is -4.63. The van der Waals surface area contributed by atoms with Gasteiger partial charge in [-0.15, -0.1) is 0 Å². The molecular weight excluding hydrogens is 483 g/mol. The van der Waals surface area contributed by atoms with Crippen molar-refractivity contribution in [3.05, 3.63) is 143 Å². The van der Waals surface area contributed by atoms with Crippen molar-refractivity contribution in [2.45, 2.75) is 25.2 Å². The summed E-state index contributed by atoms with van der Waals surface area (Å²) in [6.45, 7) is 0.718. The van der Waals surface area contributed by atoms with Crippen molar-refractivity contribution in [3.8, 4) is 6.07 Å². The molecule has 0 saturated carbocycles. The number of halogens is 3. The van der Waals surface area contributed by atoms with Crippen LogP contribution in [0.4, 0.5) is 13.2 Å². The molecule has 188 valence electrons. The van der Waals surface area contributed by atoms with Gasteiger partial charge in [-0.05, 0) is 47.4 Å². The fourth-order valence-corrected chi connectivity index (χ4v) is 4.66. The van der Waals surface area contributed by atoms with Gasteiger partial charge in [-0.3, -0.25) is 4.99 Å². The lowest BCUT2D eigenvalue weighted by atomic mass is 9.96. The summed E-state index contributed by atoms with van der Waals surface area (Å²) in [5.74, 6) is 0. The normalized spacial score (nSPS) is 12.8. The zero-order chi connectivity index (χ0) is 26.5. The predicted octanol–water partition coefficient (Wildman–Crippen LogP) is 8.01. The molecule has 0 amide bonds. The van der Waals surface area contributed by atoms with Gasteiger partial charge in [0.15, 0.2) is 0 Å². The van der Waals surface area contributed by atoms with Crippen LogP contribution in [0.5, 0.6) is 0 Å². The first-order valence-corrected chi connectivity index (χ1v) is 12.2. The van der Waals surface area contributed by atoms with E-state index in [0.717, 1.165) is 40.7 Å². The molecule has 0 spiro atoms. The predicted molar refractivity (Wildman–Crippen MR) is 144 cm³/mol. The number of alkyl halides is 3. The molecule has 1 heterocycles. The van der Waals surface area contributed by atoms with Gasteiger partial charge in [0.1, 0.15) is 11.8 Å². The first-order chi connectivity index (χ1) is 18.4. The molecule has 1 atom stereocenters. The van der Waals surface area contributed by atoms with Crippen LogP contribution < -0.4 is 0 Å². The zero-order valence-electron chi connectivity index (χ0n) is 20.4. The minimum absolute atomic E-state index is 0.0976. The molecule has 0 unspecified atom stereocenters. The van der Waals surface area contributed by atoms with Gasteiger partial charge in [0.2, 0.25) is 0 Å². The SMILES string of the molecule is N#CC(=N[C@H](Cc1ccccc1)c1cccc2c1ccn2Cc1ccccc1)c1ccc(C(F)(F)F)cc1. The summed E-state index contributed by atoms with van der Waals surface area (Å²) in [5.41, 5.74) is 3.93. The molecule has 0 radical (unpaired) electrons. The highest BCUT2D eigenvalue weighted by molar-refractivity contribution is 6.11. The minimum Gasteiger partial charge on any atom is -0.343 e. The monoisotopic (exact) mass is 507 g/mol. The van der Waals surface area contributed by atoms with Crippen molar-refractivity contribution in [2.24, 2.45) is 4.99 Å². The van der Waals surface area contributed by atoms with E-state index in [1.807, 2.05) is 66.9 Å². The highest BCUT2D eigenvalue weighted by Gasteiger charge is 2.30. The second-order valence-electron chi connectivity index (χ2n) is 9.08. The van der Waals surface area contributed by atoms with E-state index in [4.69, 9.17) is 4.99 Å². The topological polar surface area (TPSA) is 41.1 Å². The Morgan fingerprint density at radius 1 is 0.789 bits per heavy atom. The van der Waals surface area contributed by atoms with Gasteiger partial charge in [0.25, 0.3) is 0 Å². The van der Waals surface area contributed by atoms with Crippen molar-refractivity contribution in [3.63, 3.8) is 0 Å². The highest BCUT2D eigenvalue weighted by Crippen LogP contribution is 2.32. The van der Waals surface area contributed by atoms with Gasteiger partial charge in [-0.2, -0.15) is 18.4 Å². The molecule has 0 aliphatic rings. The number of hydrogen-bond acceptors (Lipinski definition) is 2. The smallest absolute Gasteiger partial charge is 0.343 e. The van der Waals surface area contributed by atoms with E-state index in [-0.39, 0.29) is 5.71 Å². The van der Waals surface area contributed by atoms with E-state index in [1.54, 1.807) is 0 Å². The van der Waals surface area contributed by atoms with Crippen LogP contribution in [0.2, 0.25) is 0 Å². The summed E-state index contributed by atoms with van der Waals surface area (Å²) in [5, 5.41) is 11.0. The Morgan fingerprint density at radius 3 is 2.08 bits per heavy atom. The van der Waals surface area contributed by atoms with Crippen LogP contribution in [-0.2, 0) is 19.1 Å². The molecule has 4 aromatic carbocycles. The number of aromatic nitrogens is 1. The average molecular weight is 508 g/mol. The van der Waals surface area contributed by atoms with Gasteiger partial charge in [0.05, 0.1) is 11.6 Å². The van der Waals surface area contributed by atoms with Crippen LogP contribution in [-0.4, -0.2) is 10.3 Å². The molecule has 0 saturated heterocycles. The third kappa shape index (κ3) is 5.52. The van der Waals surface area contributed by atoms with Crippen molar-refractivity contribution >= 4 is 16.6 Å². The van der Waals surface area contributed by atoms with Crippen molar-refractivity contribution in [2.75, 3.05) is 0 Å². The van der Waals surface area contributed by atoms with Gasteiger partial charge in [-0.25, -0.2) is 0 Å². The van der Waals surface area contributed by atoms with Crippen LogP contribution in [0.1, 0.15) is 33.9 Å². The average Bonchev–Trinajstić information content (AvgIpc) is 3.34. The summed E-state index contributed by atoms with van der Waals surface area (Å²) in [7, 11) is 0. The third-order valence-corrected chi connectivity index (χ3v) is 6.55. The Labute approximate surface area is 219 Å². The second-order valence-corrected chi connectivity index (χ2v) is 9.08. The molecule has 5 aromatic rings. The van der Waals surface area contributed by atoms with E-state index in [0.29, 0.717) is 12.0 Å². The van der Waals surface area contributed by atoms with E-state index < -0.39 is 17.8 Å². The largest absolute Gasteiger partial charge is 0.416 e. The molecule has 6 heteroatoms. The third-order valence-electron chi connectivity index (χ3n) is 6.55. The number of fused-ring (bicyclic) bond motifs is 1.